The summed E-state index contributed by atoms with van der Waals surface area (Å²) in [5.41, 5.74) is 0.443. The van der Waals surface area contributed by atoms with Gasteiger partial charge in [-0.1, -0.05) is 0 Å². The Bertz CT molecular complexity index is 484. The molecule has 1 aromatic rings. The highest BCUT2D eigenvalue weighted by Crippen LogP contribution is 2.07. The van der Waals surface area contributed by atoms with Crippen LogP contribution in [-0.4, -0.2) is 68.9 Å². The molecule has 0 unspecified atom stereocenters. The summed E-state index contributed by atoms with van der Waals surface area (Å²) in [5, 5.41) is 25.5. The normalized spacial score (nSPS) is 13.2. The van der Waals surface area contributed by atoms with Crippen LogP contribution in [0.5, 0.6) is 0 Å². The maximum absolute atomic E-state index is 11.6. The highest BCUT2D eigenvalue weighted by Gasteiger charge is 2.17. The molecule has 8 nitrogen and oxygen atoms in total. The number of aliphatic hydroxyl groups is 2. The topological polar surface area (TPSA) is 99.9 Å². The molecule has 1 aromatic heterocycles. The van der Waals surface area contributed by atoms with Gasteiger partial charge >= 0.3 is 6.09 Å². The van der Waals surface area contributed by atoms with Gasteiger partial charge in [-0.05, 0) is 26.8 Å². The van der Waals surface area contributed by atoms with E-state index in [1.54, 1.807) is 31.6 Å². The van der Waals surface area contributed by atoms with Crippen molar-refractivity contribution in [2.24, 2.45) is 7.05 Å². The van der Waals surface area contributed by atoms with Crippen LogP contribution in [0.15, 0.2) is 12.3 Å². The minimum Gasteiger partial charge on any atom is -0.444 e. The SMILES string of the molecule is Cn1nccc1CN(CCNC(=O)OC(C)(C)C)C[C@H](O)CO. The number of ether oxygens (including phenoxy) is 1. The predicted molar refractivity (Wildman–Crippen MR) is 85.8 cm³/mol. The van der Waals surface area contributed by atoms with Crippen molar-refractivity contribution in [1.82, 2.24) is 20.0 Å². The summed E-state index contributed by atoms with van der Waals surface area (Å²) >= 11 is 0. The number of aromatic nitrogens is 2. The van der Waals surface area contributed by atoms with Gasteiger partial charge in [-0.3, -0.25) is 9.58 Å². The predicted octanol–water partition coefficient (Wildman–Crippen LogP) is 0.100. The molecule has 8 heteroatoms. The molecular weight excluding hydrogens is 300 g/mol. The maximum Gasteiger partial charge on any atom is 0.407 e. The van der Waals surface area contributed by atoms with E-state index < -0.39 is 17.8 Å². The van der Waals surface area contributed by atoms with E-state index in [0.717, 1.165) is 5.69 Å². The van der Waals surface area contributed by atoms with E-state index in [9.17, 15) is 9.90 Å². The lowest BCUT2D eigenvalue weighted by molar-refractivity contribution is 0.0477. The van der Waals surface area contributed by atoms with Gasteiger partial charge in [-0.15, -0.1) is 0 Å². The number of hydrogen-bond acceptors (Lipinski definition) is 6. The Hall–Kier alpha value is -1.64. The van der Waals surface area contributed by atoms with Crippen LogP contribution in [0.4, 0.5) is 4.79 Å². The quantitative estimate of drug-likeness (QED) is 0.626. The Balaban J connectivity index is 2.49. The minimum absolute atomic E-state index is 0.303. The van der Waals surface area contributed by atoms with Gasteiger partial charge in [0, 0.05) is 39.4 Å². The molecule has 1 atom stereocenters. The zero-order valence-electron chi connectivity index (χ0n) is 14.3. The summed E-state index contributed by atoms with van der Waals surface area (Å²) in [4.78, 5) is 13.6. The first kappa shape index (κ1) is 19.4. The summed E-state index contributed by atoms with van der Waals surface area (Å²) in [6.45, 7) is 6.87. The first-order valence-corrected chi connectivity index (χ1v) is 7.66. The van der Waals surface area contributed by atoms with E-state index in [-0.39, 0.29) is 6.61 Å². The molecule has 3 N–H and O–H groups in total. The molecule has 1 heterocycles. The standard InChI is InChI=1S/C15H28N4O4/c1-15(2,3)23-14(22)16-7-8-19(10-13(21)11-20)9-12-5-6-17-18(12)4/h5-6,13,20-21H,7-11H2,1-4H3,(H,16,22)/t13-/m0/s1. The maximum atomic E-state index is 11.6. The number of nitrogens with zero attached hydrogens (tertiary/aromatic N) is 3. The second-order valence-electron chi connectivity index (χ2n) is 6.45. The van der Waals surface area contributed by atoms with Crippen molar-refractivity contribution < 1.29 is 19.7 Å². The highest BCUT2D eigenvalue weighted by atomic mass is 16.6. The van der Waals surface area contributed by atoms with Crippen molar-refractivity contribution in [2.45, 2.75) is 39.0 Å². The van der Waals surface area contributed by atoms with Gasteiger partial charge < -0.3 is 20.3 Å². The number of rotatable bonds is 8. The number of aliphatic hydroxyl groups excluding tert-OH is 2. The lowest BCUT2D eigenvalue weighted by atomic mass is 10.2. The molecule has 0 fully saturated rings. The van der Waals surface area contributed by atoms with Crippen LogP contribution >= 0.6 is 0 Å². The minimum atomic E-state index is -0.829. The van der Waals surface area contributed by atoms with Gasteiger partial charge in [0.25, 0.3) is 0 Å². The number of amides is 1. The van der Waals surface area contributed by atoms with Crippen molar-refractivity contribution in [1.29, 1.82) is 0 Å². The van der Waals surface area contributed by atoms with Crippen molar-refractivity contribution >= 4 is 6.09 Å². The molecule has 23 heavy (non-hydrogen) atoms. The van der Waals surface area contributed by atoms with Gasteiger partial charge in [0.15, 0.2) is 0 Å². The fourth-order valence-corrected chi connectivity index (χ4v) is 2.01. The van der Waals surface area contributed by atoms with Gasteiger partial charge in [0.05, 0.1) is 18.4 Å². The molecule has 0 radical (unpaired) electrons. The average molecular weight is 328 g/mol. The second kappa shape index (κ2) is 8.85. The van der Waals surface area contributed by atoms with E-state index in [4.69, 9.17) is 9.84 Å². The van der Waals surface area contributed by atoms with E-state index in [1.807, 2.05) is 18.0 Å². The van der Waals surface area contributed by atoms with E-state index in [1.165, 1.54) is 0 Å². The Morgan fingerprint density at radius 2 is 2.22 bits per heavy atom. The summed E-state index contributed by atoms with van der Waals surface area (Å²) in [7, 11) is 1.84. The van der Waals surface area contributed by atoms with Crippen LogP contribution in [-0.2, 0) is 18.3 Å². The molecule has 0 saturated carbocycles. The van der Waals surface area contributed by atoms with Gasteiger partial charge in [0.1, 0.15) is 5.60 Å². The van der Waals surface area contributed by atoms with Crippen molar-refractivity contribution in [3.63, 3.8) is 0 Å². The van der Waals surface area contributed by atoms with Crippen LogP contribution in [0.1, 0.15) is 26.5 Å². The third-order valence-corrected chi connectivity index (χ3v) is 3.08. The molecule has 0 bridgehead atoms. The third kappa shape index (κ3) is 7.96. The lowest BCUT2D eigenvalue weighted by Gasteiger charge is -2.25. The number of carbonyl (C=O) groups is 1. The Morgan fingerprint density at radius 1 is 1.52 bits per heavy atom. The summed E-state index contributed by atoms with van der Waals surface area (Å²) in [5.74, 6) is 0. The number of alkyl carbamates (subject to hydrolysis) is 1. The van der Waals surface area contributed by atoms with E-state index in [2.05, 4.69) is 10.4 Å². The highest BCUT2D eigenvalue weighted by molar-refractivity contribution is 5.67. The van der Waals surface area contributed by atoms with Crippen LogP contribution in [0.25, 0.3) is 0 Å². The molecule has 1 amide bonds. The number of nitrogens with one attached hydrogen (secondary N) is 1. The van der Waals surface area contributed by atoms with Crippen molar-refractivity contribution in [3.05, 3.63) is 18.0 Å². The van der Waals surface area contributed by atoms with Crippen LogP contribution in [0.2, 0.25) is 0 Å². The Labute approximate surface area is 137 Å². The molecule has 0 saturated heterocycles. The smallest absolute Gasteiger partial charge is 0.407 e. The first-order chi connectivity index (χ1) is 10.7. The van der Waals surface area contributed by atoms with Gasteiger partial charge in [-0.2, -0.15) is 5.10 Å². The Kier molecular flexibility index (Phi) is 7.47. The number of aryl methyl sites for hydroxylation is 1. The third-order valence-electron chi connectivity index (χ3n) is 3.08. The monoisotopic (exact) mass is 328 g/mol. The molecule has 0 spiro atoms. The fourth-order valence-electron chi connectivity index (χ4n) is 2.01. The van der Waals surface area contributed by atoms with Crippen LogP contribution in [0, 0.1) is 0 Å². The van der Waals surface area contributed by atoms with Crippen molar-refractivity contribution in [2.75, 3.05) is 26.2 Å². The van der Waals surface area contributed by atoms with Gasteiger partial charge in [0.2, 0.25) is 0 Å². The average Bonchev–Trinajstić information content (AvgIpc) is 2.82. The zero-order chi connectivity index (χ0) is 17.5. The fraction of sp³-hybridized carbons (Fsp3) is 0.733. The lowest BCUT2D eigenvalue weighted by Crippen LogP contribution is -2.41. The zero-order valence-corrected chi connectivity index (χ0v) is 14.3. The molecular formula is C15H28N4O4. The van der Waals surface area contributed by atoms with E-state index >= 15 is 0 Å². The summed E-state index contributed by atoms with van der Waals surface area (Å²) in [6.07, 6.45) is 0.403. The first-order valence-electron chi connectivity index (χ1n) is 7.66. The summed E-state index contributed by atoms with van der Waals surface area (Å²) in [6, 6.07) is 1.89. The number of hydrogen-bond donors (Lipinski definition) is 3. The van der Waals surface area contributed by atoms with Crippen LogP contribution in [0.3, 0.4) is 0 Å². The largest absolute Gasteiger partial charge is 0.444 e. The number of carbonyl (C=O) groups excluding carboxylic acids is 1. The van der Waals surface area contributed by atoms with E-state index in [0.29, 0.717) is 26.2 Å². The van der Waals surface area contributed by atoms with Crippen LogP contribution < -0.4 is 5.32 Å². The Morgan fingerprint density at radius 3 is 2.74 bits per heavy atom. The summed E-state index contributed by atoms with van der Waals surface area (Å²) < 4.78 is 6.92. The van der Waals surface area contributed by atoms with Crippen molar-refractivity contribution in [3.8, 4) is 0 Å². The molecule has 1 rings (SSSR count). The molecule has 132 valence electrons. The molecule has 0 aliphatic carbocycles. The second-order valence-corrected chi connectivity index (χ2v) is 6.45. The molecule has 0 aromatic carbocycles. The van der Waals surface area contributed by atoms with Gasteiger partial charge in [-0.25, -0.2) is 4.79 Å². The molecule has 0 aliphatic rings. The molecule has 0 aliphatic heterocycles.